The number of rotatable bonds is 6. The van der Waals surface area contributed by atoms with Crippen LogP contribution in [0.5, 0.6) is 0 Å². The van der Waals surface area contributed by atoms with E-state index in [2.05, 4.69) is 10.2 Å². The van der Waals surface area contributed by atoms with Crippen LogP contribution in [0.15, 0.2) is 56.7 Å². The number of hydrogen-bond donors (Lipinski definition) is 0. The summed E-state index contributed by atoms with van der Waals surface area (Å²) in [6.45, 7) is 0. The molecule has 25 heavy (non-hydrogen) atoms. The van der Waals surface area contributed by atoms with E-state index in [1.165, 1.54) is 18.0 Å². The molecule has 1 aliphatic rings. The topological polar surface area (TPSA) is 69.1 Å². The first-order valence-corrected chi connectivity index (χ1v) is 9.28. The van der Waals surface area contributed by atoms with Crippen molar-refractivity contribution >= 4 is 40.7 Å². The molecule has 0 aliphatic heterocycles. The lowest BCUT2D eigenvalue weighted by Crippen LogP contribution is -2.02. The van der Waals surface area contributed by atoms with E-state index in [0.29, 0.717) is 22.4 Å². The molecule has 1 atom stereocenters. The highest BCUT2D eigenvalue weighted by molar-refractivity contribution is 7.99. The molecule has 5 nitrogen and oxygen atoms in total. The zero-order valence-corrected chi connectivity index (χ0v) is 15.1. The highest BCUT2D eigenvalue weighted by atomic mass is 35.5. The summed E-state index contributed by atoms with van der Waals surface area (Å²) >= 11 is 13.3. The van der Waals surface area contributed by atoms with Crippen LogP contribution in [-0.4, -0.2) is 26.1 Å². The summed E-state index contributed by atoms with van der Waals surface area (Å²) in [6.07, 6.45) is 2.27. The Hall–Kier alpha value is -1.76. The maximum absolute atomic E-state index is 12.3. The Morgan fingerprint density at radius 3 is 2.64 bits per heavy atom. The second-order valence-corrected chi connectivity index (χ2v) is 8.17. The summed E-state index contributed by atoms with van der Waals surface area (Å²) in [4.78, 5) is 12.3. The second kappa shape index (κ2) is 6.52. The van der Waals surface area contributed by atoms with Crippen LogP contribution in [0.2, 0.25) is 0 Å². The van der Waals surface area contributed by atoms with Gasteiger partial charge in [-0.25, -0.2) is 0 Å². The van der Waals surface area contributed by atoms with Crippen molar-refractivity contribution in [3.63, 3.8) is 0 Å². The van der Waals surface area contributed by atoms with Gasteiger partial charge in [0.05, 0.1) is 12.0 Å². The first kappa shape index (κ1) is 16.7. The quantitative estimate of drug-likeness (QED) is 0.334. The smallest absolute Gasteiger partial charge is 0.284 e. The third-order valence-electron chi connectivity index (χ3n) is 3.93. The van der Waals surface area contributed by atoms with Gasteiger partial charge in [-0.05, 0) is 24.1 Å². The molecule has 1 aromatic carbocycles. The zero-order valence-electron chi connectivity index (χ0n) is 12.8. The number of ketones is 1. The van der Waals surface area contributed by atoms with E-state index in [-0.39, 0.29) is 17.5 Å². The predicted octanol–water partition coefficient (Wildman–Crippen LogP) is 4.97. The normalized spacial score (nSPS) is 18.2. The average Bonchev–Trinajstić information content (AvgIpc) is 3.06. The number of aromatic nitrogens is 2. The van der Waals surface area contributed by atoms with E-state index in [0.717, 1.165) is 12.0 Å². The van der Waals surface area contributed by atoms with Gasteiger partial charge in [0.1, 0.15) is 4.33 Å². The number of furan rings is 1. The molecule has 8 heteroatoms. The van der Waals surface area contributed by atoms with Crippen LogP contribution in [0.1, 0.15) is 28.3 Å². The van der Waals surface area contributed by atoms with Gasteiger partial charge >= 0.3 is 0 Å². The molecule has 0 unspecified atom stereocenters. The minimum absolute atomic E-state index is 0.0203. The number of Topliss-reactive ketones (excluding diaryl/α,β-unsaturated/α-hetero) is 1. The van der Waals surface area contributed by atoms with Crippen LogP contribution in [0.25, 0.3) is 11.7 Å². The highest BCUT2D eigenvalue weighted by Crippen LogP contribution is 2.59. The van der Waals surface area contributed by atoms with E-state index < -0.39 is 4.33 Å². The molecule has 1 aliphatic carbocycles. The van der Waals surface area contributed by atoms with E-state index in [9.17, 15) is 4.79 Å². The zero-order chi connectivity index (χ0) is 17.4. The van der Waals surface area contributed by atoms with E-state index in [1.807, 2.05) is 12.1 Å². The van der Waals surface area contributed by atoms with Crippen LogP contribution in [0, 0.1) is 0 Å². The van der Waals surface area contributed by atoms with E-state index >= 15 is 0 Å². The van der Waals surface area contributed by atoms with Gasteiger partial charge < -0.3 is 8.83 Å². The van der Waals surface area contributed by atoms with Crippen LogP contribution in [0.3, 0.4) is 0 Å². The minimum Gasteiger partial charge on any atom is -0.459 e. The van der Waals surface area contributed by atoms with E-state index in [1.54, 1.807) is 24.3 Å². The number of carbonyl (C=O) groups is 1. The molecule has 2 aromatic heterocycles. The molecule has 0 bridgehead atoms. The lowest BCUT2D eigenvalue weighted by molar-refractivity contribution is 0.102. The van der Waals surface area contributed by atoms with Crippen molar-refractivity contribution in [1.29, 1.82) is 0 Å². The van der Waals surface area contributed by atoms with Crippen molar-refractivity contribution in [2.24, 2.45) is 0 Å². The minimum atomic E-state index is -0.662. The second-order valence-electron chi connectivity index (χ2n) is 5.70. The number of alkyl halides is 2. The van der Waals surface area contributed by atoms with Crippen molar-refractivity contribution in [3.05, 3.63) is 53.8 Å². The number of nitrogens with zero attached hydrogens (tertiary/aromatic N) is 2. The van der Waals surface area contributed by atoms with Crippen LogP contribution < -0.4 is 0 Å². The van der Waals surface area contributed by atoms with Gasteiger partial charge in [0, 0.05) is 11.5 Å². The van der Waals surface area contributed by atoms with Gasteiger partial charge in [-0.15, -0.1) is 33.4 Å². The van der Waals surface area contributed by atoms with Crippen molar-refractivity contribution in [2.75, 3.05) is 5.75 Å². The number of halogens is 2. The number of carbonyl (C=O) groups excluding carboxylic acids is 1. The fourth-order valence-electron chi connectivity index (χ4n) is 2.45. The van der Waals surface area contributed by atoms with Crippen LogP contribution in [0.4, 0.5) is 0 Å². The third-order valence-corrected chi connectivity index (χ3v) is 5.58. The van der Waals surface area contributed by atoms with Crippen molar-refractivity contribution in [1.82, 2.24) is 10.2 Å². The van der Waals surface area contributed by atoms with Crippen LogP contribution >= 0.6 is 35.0 Å². The molecule has 3 aromatic rings. The highest BCUT2D eigenvalue weighted by Gasteiger charge is 2.52. The number of thioether (sulfide) groups is 1. The summed E-state index contributed by atoms with van der Waals surface area (Å²) < 4.78 is 9.99. The number of benzene rings is 1. The summed E-state index contributed by atoms with van der Waals surface area (Å²) in [7, 11) is 0. The number of hydrogen-bond acceptors (Lipinski definition) is 6. The Morgan fingerprint density at radius 2 is 2.00 bits per heavy atom. The largest absolute Gasteiger partial charge is 0.459 e. The maximum Gasteiger partial charge on any atom is 0.284 e. The summed E-state index contributed by atoms with van der Waals surface area (Å²) in [5.41, 5.74) is 1.67. The summed E-state index contributed by atoms with van der Waals surface area (Å²) in [5, 5.41) is 8.12. The Labute approximate surface area is 157 Å². The molecule has 4 rings (SSSR count). The standard InChI is InChI=1S/C17H12Cl2N2O3S/c18-17(19)8-12(17)10-3-5-11(6-4-10)13(22)9-25-16-21-20-15(24-16)14-2-1-7-23-14/h1-7,12H,8-9H2/t12-/m0/s1. The summed E-state index contributed by atoms with van der Waals surface area (Å²) in [6, 6.07) is 10.9. The molecule has 128 valence electrons. The van der Waals surface area contributed by atoms with Gasteiger partial charge in [-0.1, -0.05) is 36.0 Å². The van der Waals surface area contributed by atoms with E-state index in [4.69, 9.17) is 32.0 Å². The molecular formula is C17H12Cl2N2O3S. The van der Waals surface area contributed by atoms with Gasteiger partial charge in [0.25, 0.3) is 11.1 Å². The van der Waals surface area contributed by atoms with Crippen LogP contribution in [-0.2, 0) is 0 Å². The fourth-order valence-corrected chi connectivity index (χ4v) is 3.67. The molecule has 0 spiro atoms. The maximum atomic E-state index is 12.3. The van der Waals surface area contributed by atoms with Crippen molar-refractivity contribution in [3.8, 4) is 11.7 Å². The predicted molar refractivity (Wildman–Crippen MR) is 95.3 cm³/mol. The first-order chi connectivity index (χ1) is 12.0. The Bertz CT molecular complexity index is 891. The Morgan fingerprint density at radius 1 is 1.24 bits per heavy atom. The molecule has 0 N–H and O–H groups in total. The molecule has 1 fully saturated rings. The molecule has 0 saturated heterocycles. The SMILES string of the molecule is O=C(CSc1nnc(-c2ccco2)o1)c1ccc([C@@H]2CC2(Cl)Cl)cc1. The van der Waals surface area contributed by atoms with Crippen molar-refractivity contribution < 1.29 is 13.6 Å². The first-order valence-electron chi connectivity index (χ1n) is 7.54. The third kappa shape index (κ3) is 3.61. The molecular weight excluding hydrogens is 383 g/mol. The molecule has 0 amide bonds. The molecule has 0 radical (unpaired) electrons. The summed E-state index contributed by atoms with van der Waals surface area (Å²) in [5.74, 6) is 1.12. The molecule has 2 heterocycles. The lowest BCUT2D eigenvalue weighted by Gasteiger charge is -2.03. The molecule has 1 saturated carbocycles. The van der Waals surface area contributed by atoms with Crippen molar-refractivity contribution in [2.45, 2.75) is 21.9 Å². The average molecular weight is 395 g/mol. The van der Waals surface area contributed by atoms with Gasteiger partial charge in [-0.3, -0.25) is 4.79 Å². The Balaban J connectivity index is 1.36. The fraction of sp³-hybridized carbons (Fsp3) is 0.235. The van der Waals surface area contributed by atoms with Gasteiger partial charge in [0.15, 0.2) is 11.5 Å². The lowest BCUT2D eigenvalue weighted by atomic mass is 10.1. The Kier molecular flexibility index (Phi) is 4.35. The van der Waals surface area contributed by atoms with Gasteiger partial charge in [-0.2, -0.15) is 0 Å². The monoisotopic (exact) mass is 394 g/mol. The van der Waals surface area contributed by atoms with Gasteiger partial charge in [0.2, 0.25) is 0 Å².